The number of rotatable bonds is 14. The number of carboxylic acid groups (broad SMARTS) is 1. The van der Waals surface area contributed by atoms with Crippen molar-refractivity contribution in [2.45, 2.75) is 81.3 Å². The lowest BCUT2D eigenvalue weighted by Crippen LogP contribution is -2.31. The molecule has 0 aliphatic carbocycles. The van der Waals surface area contributed by atoms with E-state index >= 15 is 0 Å². The number of carboxylic acids is 1. The van der Waals surface area contributed by atoms with Crippen molar-refractivity contribution >= 4 is 40.7 Å². The molecule has 0 saturated carbocycles. The maximum atomic E-state index is 12.3. The third-order valence-corrected chi connectivity index (χ3v) is 8.63. The van der Waals surface area contributed by atoms with E-state index in [0.717, 1.165) is 45.3 Å². The Labute approximate surface area is 242 Å². The molecule has 1 amide bonds. The summed E-state index contributed by atoms with van der Waals surface area (Å²) >= 11 is 3.19. The van der Waals surface area contributed by atoms with Gasteiger partial charge in [0.1, 0.15) is 5.01 Å². The molecule has 214 valence electrons. The first-order chi connectivity index (χ1) is 19.4. The minimum absolute atomic E-state index is 0.00620. The number of ether oxygens (including phenoxy) is 2. The van der Waals surface area contributed by atoms with E-state index in [1.165, 1.54) is 0 Å². The van der Waals surface area contributed by atoms with E-state index in [0.29, 0.717) is 30.7 Å². The van der Waals surface area contributed by atoms with Crippen LogP contribution in [0, 0.1) is 6.92 Å². The summed E-state index contributed by atoms with van der Waals surface area (Å²) in [7, 11) is 0. The Bertz CT molecular complexity index is 1240. The molecule has 0 bridgehead atoms. The van der Waals surface area contributed by atoms with Crippen molar-refractivity contribution in [1.82, 2.24) is 10.2 Å². The Kier molecular flexibility index (Phi) is 11.5. The number of hydrogen-bond acceptors (Lipinski definition) is 9. The van der Waals surface area contributed by atoms with Crippen LogP contribution in [-0.2, 0) is 25.7 Å². The standard InChI is InChI=1S/C29H35N3O6S2/c1-19-31-32-29(40-19)39-18-24-16-25(21-10-8-20(17-33)9-11-21)38-28(37-24)22-12-14-23(15-13-22)30-26(34)6-4-2-3-5-7-27(35)36/h8-15,24-25,28,33H,2-7,16-18H2,1H3,(H,30,34)(H,35,36)/t24-,25+,28+/m0/s1. The molecule has 3 atom stereocenters. The SMILES string of the molecule is Cc1nnc(SC[C@@H]2C[C@H](c3ccc(CO)cc3)O[C@H](c3ccc(NC(=O)CCCCCCC(=O)O)cc3)O2)s1. The fourth-order valence-electron chi connectivity index (χ4n) is 4.39. The van der Waals surface area contributed by atoms with Gasteiger partial charge in [0.15, 0.2) is 10.6 Å². The summed E-state index contributed by atoms with van der Waals surface area (Å²) in [4.78, 5) is 22.9. The molecule has 0 radical (unpaired) electrons. The van der Waals surface area contributed by atoms with Crippen LogP contribution in [0.4, 0.5) is 5.69 Å². The third-order valence-electron chi connectivity index (χ3n) is 6.53. The lowest BCUT2D eigenvalue weighted by Gasteiger charge is -2.36. The first kappa shape index (κ1) is 30.1. The van der Waals surface area contributed by atoms with E-state index in [1.807, 2.05) is 55.5 Å². The predicted octanol–water partition coefficient (Wildman–Crippen LogP) is 6.04. The number of aliphatic hydroxyl groups is 1. The Morgan fingerprint density at radius 3 is 2.33 bits per heavy atom. The summed E-state index contributed by atoms with van der Waals surface area (Å²) in [6.07, 6.45) is 3.43. The number of aliphatic hydroxyl groups excluding tert-OH is 1. The van der Waals surface area contributed by atoms with Crippen molar-refractivity contribution < 1.29 is 29.3 Å². The first-order valence-electron chi connectivity index (χ1n) is 13.4. The Hall–Kier alpha value is -2.83. The fraction of sp³-hybridized carbons (Fsp3) is 0.448. The lowest BCUT2D eigenvalue weighted by molar-refractivity contribution is -0.245. The van der Waals surface area contributed by atoms with Crippen LogP contribution in [0.5, 0.6) is 0 Å². The van der Waals surface area contributed by atoms with E-state index in [9.17, 15) is 14.7 Å². The summed E-state index contributed by atoms with van der Waals surface area (Å²) in [6.45, 7) is 1.93. The maximum Gasteiger partial charge on any atom is 0.303 e. The van der Waals surface area contributed by atoms with Gasteiger partial charge < -0.3 is 25.0 Å². The number of nitrogens with zero attached hydrogens (tertiary/aromatic N) is 2. The number of benzene rings is 2. The topological polar surface area (TPSA) is 131 Å². The van der Waals surface area contributed by atoms with Crippen LogP contribution < -0.4 is 5.32 Å². The van der Waals surface area contributed by atoms with Gasteiger partial charge in [0.05, 0.1) is 18.8 Å². The summed E-state index contributed by atoms with van der Waals surface area (Å²) in [5, 5.41) is 30.3. The van der Waals surface area contributed by atoms with Gasteiger partial charge in [-0.15, -0.1) is 10.2 Å². The zero-order valence-electron chi connectivity index (χ0n) is 22.5. The van der Waals surface area contributed by atoms with Gasteiger partial charge >= 0.3 is 5.97 Å². The van der Waals surface area contributed by atoms with Crippen molar-refractivity contribution in [1.29, 1.82) is 0 Å². The van der Waals surface area contributed by atoms with Crippen LogP contribution in [0.2, 0.25) is 0 Å². The summed E-state index contributed by atoms with van der Waals surface area (Å²) in [5.74, 6) is -0.133. The number of unbranched alkanes of at least 4 members (excludes halogenated alkanes) is 3. The summed E-state index contributed by atoms with van der Waals surface area (Å²) in [5.41, 5.74) is 3.43. The van der Waals surface area contributed by atoms with Gasteiger partial charge in [-0.25, -0.2) is 0 Å². The molecule has 0 unspecified atom stereocenters. The number of aromatic nitrogens is 2. The molecule has 1 aromatic heterocycles. The maximum absolute atomic E-state index is 12.3. The number of carbonyl (C=O) groups is 2. The van der Waals surface area contributed by atoms with E-state index in [4.69, 9.17) is 14.6 Å². The highest BCUT2D eigenvalue weighted by Gasteiger charge is 2.32. The molecule has 3 N–H and O–H groups in total. The molecule has 1 aliphatic heterocycles. The number of aryl methyl sites for hydroxylation is 1. The van der Waals surface area contributed by atoms with Gasteiger partial charge in [-0.2, -0.15) is 0 Å². The Morgan fingerprint density at radius 2 is 1.68 bits per heavy atom. The van der Waals surface area contributed by atoms with Crippen molar-refractivity contribution in [3.63, 3.8) is 0 Å². The molecule has 3 aromatic rings. The molecule has 9 nitrogen and oxygen atoms in total. The quantitative estimate of drug-likeness (QED) is 0.153. The Balaban J connectivity index is 1.35. The second kappa shape index (κ2) is 15.2. The van der Waals surface area contributed by atoms with Crippen LogP contribution in [0.1, 0.15) is 79.0 Å². The average molecular weight is 586 g/mol. The molecular formula is C29H35N3O6S2. The molecule has 2 aromatic carbocycles. The monoisotopic (exact) mass is 585 g/mol. The van der Waals surface area contributed by atoms with Gasteiger partial charge in [-0.05, 0) is 43.0 Å². The number of carbonyl (C=O) groups excluding carboxylic acids is 1. The number of aliphatic carboxylic acids is 1. The normalized spacial score (nSPS) is 18.9. The minimum atomic E-state index is -0.782. The lowest BCUT2D eigenvalue weighted by atomic mass is 10.0. The van der Waals surface area contributed by atoms with Crippen LogP contribution >= 0.6 is 23.1 Å². The molecule has 1 saturated heterocycles. The molecular weight excluding hydrogens is 550 g/mol. The van der Waals surface area contributed by atoms with Crippen LogP contribution in [0.15, 0.2) is 52.9 Å². The van der Waals surface area contributed by atoms with Gasteiger partial charge in [-0.1, -0.05) is 72.3 Å². The minimum Gasteiger partial charge on any atom is -0.481 e. The zero-order chi connectivity index (χ0) is 28.3. The second-order valence-electron chi connectivity index (χ2n) is 9.73. The van der Waals surface area contributed by atoms with Crippen LogP contribution in [0.25, 0.3) is 0 Å². The summed E-state index contributed by atoms with van der Waals surface area (Å²) in [6, 6.07) is 15.3. The molecule has 2 heterocycles. The number of amides is 1. The Morgan fingerprint density at radius 1 is 0.975 bits per heavy atom. The van der Waals surface area contributed by atoms with Gasteiger partial charge in [0.2, 0.25) is 5.91 Å². The van der Waals surface area contributed by atoms with Crippen LogP contribution in [0.3, 0.4) is 0 Å². The average Bonchev–Trinajstić information content (AvgIpc) is 3.39. The van der Waals surface area contributed by atoms with Gasteiger partial charge in [0.25, 0.3) is 0 Å². The second-order valence-corrected chi connectivity index (χ2v) is 12.2. The van der Waals surface area contributed by atoms with E-state index in [1.54, 1.807) is 23.1 Å². The highest BCUT2D eigenvalue weighted by atomic mass is 32.2. The van der Waals surface area contributed by atoms with E-state index < -0.39 is 12.3 Å². The van der Waals surface area contributed by atoms with Gasteiger partial charge in [0, 0.05) is 36.3 Å². The van der Waals surface area contributed by atoms with Gasteiger partial charge in [-0.3, -0.25) is 9.59 Å². The third kappa shape index (κ3) is 9.38. The highest BCUT2D eigenvalue weighted by Crippen LogP contribution is 2.39. The van der Waals surface area contributed by atoms with Crippen LogP contribution in [-0.4, -0.2) is 44.1 Å². The number of anilines is 1. The number of hydrogen-bond donors (Lipinski definition) is 3. The molecule has 4 rings (SSSR count). The number of nitrogens with one attached hydrogen (secondary N) is 1. The van der Waals surface area contributed by atoms with Crippen molar-refractivity contribution in [2.24, 2.45) is 0 Å². The van der Waals surface area contributed by atoms with E-state index in [-0.39, 0.29) is 31.1 Å². The largest absolute Gasteiger partial charge is 0.481 e. The predicted molar refractivity (Wildman–Crippen MR) is 154 cm³/mol. The highest BCUT2D eigenvalue weighted by molar-refractivity contribution is 8.01. The zero-order valence-corrected chi connectivity index (χ0v) is 24.1. The smallest absolute Gasteiger partial charge is 0.303 e. The van der Waals surface area contributed by atoms with Crippen molar-refractivity contribution in [2.75, 3.05) is 11.1 Å². The molecule has 1 aliphatic rings. The molecule has 40 heavy (non-hydrogen) atoms. The van der Waals surface area contributed by atoms with Crippen molar-refractivity contribution in [3.05, 3.63) is 70.2 Å². The number of thioether (sulfide) groups is 1. The molecule has 1 fully saturated rings. The van der Waals surface area contributed by atoms with Crippen molar-refractivity contribution in [3.8, 4) is 0 Å². The first-order valence-corrected chi connectivity index (χ1v) is 15.2. The van der Waals surface area contributed by atoms with E-state index in [2.05, 4.69) is 15.5 Å². The summed E-state index contributed by atoms with van der Waals surface area (Å²) < 4.78 is 13.7. The fourth-order valence-corrected chi connectivity index (χ4v) is 6.25. The molecule has 0 spiro atoms. The molecule has 11 heteroatoms.